The molecule has 0 aromatic heterocycles. The van der Waals surface area contributed by atoms with Crippen LogP contribution in [0.25, 0.3) is 0 Å². The van der Waals surface area contributed by atoms with Crippen molar-refractivity contribution in [2.24, 2.45) is 5.92 Å². The van der Waals surface area contributed by atoms with E-state index in [2.05, 4.69) is 55.4 Å². The second-order valence-corrected chi connectivity index (χ2v) is 6.20. The predicted molar refractivity (Wildman–Crippen MR) is 83.7 cm³/mol. The molecule has 1 aliphatic carbocycles. The summed E-state index contributed by atoms with van der Waals surface area (Å²) >= 11 is 0. The van der Waals surface area contributed by atoms with E-state index in [0.29, 0.717) is 0 Å². The molecule has 0 radical (unpaired) electrons. The van der Waals surface area contributed by atoms with E-state index in [9.17, 15) is 0 Å². The highest BCUT2D eigenvalue weighted by molar-refractivity contribution is 5.45. The Morgan fingerprint density at radius 3 is 2.89 bits per heavy atom. The molecular formula is C17H28N2. The van der Waals surface area contributed by atoms with Crippen LogP contribution in [0.15, 0.2) is 24.3 Å². The summed E-state index contributed by atoms with van der Waals surface area (Å²) in [5.41, 5.74) is 2.56. The van der Waals surface area contributed by atoms with Gasteiger partial charge in [-0.25, -0.2) is 0 Å². The third-order valence-corrected chi connectivity index (χ3v) is 4.34. The molecule has 0 aliphatic heterocycles. The molecule has 2 rings (SSSR count). The average molecular weight is 260 g/mol. The molecule has 2 unspecified atom stereocenters. The van der Waals surface area contributed by atoms with E-state index in [0.717, 1.165) is 25.0 Å². The lowest BCUT2D eigenvalue weighted by molar-refractivity contribution is 0.169. The summed E-state index contributed by atoms with van der Waals surface area (Å²) in [6.45, 7) is 6.70. The van der Waals surface area contributed by atoms with Crippen LogP contribution in [0.1, 0.15) is 38.2 Å². The van der Waals surface area contributed by atoms with E-state index >= 15 is 0 Å². The Balaban J connectivity index is 1.73. The van der Waals surface area contributed by atoms with Crippen molar-refractivity contribution < 1.29 is 0 Å². The molecule has 2 atom stereocenters. The maximum Gasteiger partial charge on any atom is 0.0343 e. The lowest BCUT2D eigenvalue weighted by Gasteiger charge is -2.34. The number of anilines is 1. The van der Waals surface area contributed by atoms with Gasteiger partial charge >= 0.3 is 0 Å². The van der Waals surface area contributed by atoms with Crippen LogP contribution in [0, 0.1) is 12.8 Å². The second kappa shape index (κ2) is 6.95. The Bertz CT molecular complexity index is 389. The van der Waals surface area contributed by atoms with Gasteiger partial charge in [0.05, 0.1) is 0 Å². The predicted octanol–water partition coefficient (Wildman–Crippen LogP) is 3.92. The second-order valence-electron chi connectivity index (χ2n) is 6.20. The molecule has 1 aromatic rings. The van der Waals surface area contributed by atoms with Crippen LogP contribution in [0.4, 0.5) is 5.69 Å². The molecule has 0 spiro atoms. The first-order valence-electron chi connectivity index (χ1n) is 7.66. The van der Waals surface area contributed by atoms with Crippen molar-refractivity contribution >= 4 is 5.69 Å². The Kier molecular flexibility index (Phi) is 5.26. The van der Waals surface area contributed by atoms with Gasteiger partial charge in [0.1, 0.15) is 0 Å². The van der Waals surface area contributed by atoms with E-state index in [1.807, 2.05) is 0 Å². The number of aryl methyl sites for hydroxylation is 1. The van der Waals surface area contributed by atoms with Crippen LogP contribution < -0.4 is 5.32 Å². The van der Waals surface area contributed by atoms with Gasteiger partial charge in [-0.2, -0.15) is 0 Å². The van der Waals surface area contributed by atoms with E-state index < -0.39 is 0 Å². The molecule has 2 heteroatoms. The molecule has 1 aliphatic rings. The van der Waals surface area contributed by atoms with Gasteiger partial charge < -0.3 is 10.2 Å². The Labute approximate surface area is 118 Å². The van der Waals surface area contributed by atoms with Gasteiger partial charge in [0.15, 0.2) is 0 Å². The van der Waals surface area contributed by atoms with Gasteiger partial charge in [-0.3, -0.25) is 0 Å². The third kappa shape index (κ3) is 4.54. The molecule has 0 bridgehead atoms. The maximum absolute atomic E-state index is 3.53. The van der Waals surface area contributed by atoms with Crippen molar-refractivity contribution in [3.8, 4) is 0 Å². The van der Waals surface area contributed by atoms with Crippen molar-refractivity contribution in [3.63, 3.8) is 0 Å². The van der Waals surface area contributed by atoms with Crippen LogP contribution in [0.2, 0.25) is 0 Å². The van der Waals surface area contributed by atoms with E-state index in [4.69, 9.17) is 0 Å². The lowest BCUT2D eigenvalue weighted by atomic mass is 9.86. The zero-order valence-corrected chi connectivity index (χ0v) is 12.7. The molecule has 106 valence electrons. The first-order chi connectivity index (χ1) is 9.15. The first-order valence-corrected chi connectivity index (χ1v) is 7.66. The van der Waals surface area contributed by atoms with Crippen LogP contribution >= 0.6 is 0 Å². The molecule has 1 aromatic carbocycles. The highest BCUT2D eigenvalue weighted by Crippen LogP contribution is 2.26. The van der Waals surface area contributed by atoms with Crippen molar-refractivity contribution in [2.45, 2.75) is 45.6 Å². The molecule has 1 fully saturated rings. The molecule has 19 heavy (non-hydrogen) atoms. The maximum atomic E-state index is 3.53. The number of hydrogen-bond donors (Lipinski definition) is 1. The summed E-state index contributed by atoms with van der Waals surface area (Å²) in [4.78, 5) is 2.54. The molecule has 1 N–H and O–H groups in total. The molecule has 0 amide bonds. The minimum absolute atomic E-state index is 0.794. The van der Waals surface area contributed by atoms with Crippen molar-refractivity contribution in [1.82, 2.24) is 4.90 Å². The standard InChI is InChI=1S/C17H28N2/c1-14-6-4-8-16(12-14)18-10-11-19(3)17-9-5-7-15(2)13-17/h4,6,8,12,15,17-18H,5,7,9-11,13H2,1-3H3. The largest absolute Gasteiger partial charge is 0.384 e. The SMILES string of the molecule is Cc1cccc(NCCN(C)C2CCCC(C)C2)c1. The minimum atomic E-state index is 0.794. The van der Waals surface area contributed by atoms with E-state index in [1.165, 1.54) is 36.9 Å². The normalized spacial score (nSPS) is 23.6. The molecule has 0 heterocycles. The highest BCUT2D eigenvalue weighted by atomic mass is 15.1. The number of benzene rings is 1. The van der Waals surface area contributed by atoms with Gasteiger partial charge in [0, 0.05) is 24.8 Å². The zero-order valence-electron chi connectivity index (χ0n) is 12.7. The monoisotopic (exact) mass is 260 g/mol. The fourth-order valence-electron chi connectivity index (χ4n) is 3.12. The minimum Gasteiger partial charge on any atom is -0.384 e. The molecular weight excluding hydrogens is 232 g/mol. The van der Waals surface area contributed by atoms with Crippen LogP contribution in [-0.4, -0.2) is 31.1 Å². The Morgan fingerprint density at radius 1 is 1.32 bits per heavy atom. The summed E-state index contributed by atoms with van der Waals surface area (Å²) in [7, 11) is 2.28. The number of hydrogen-bond acceptors (Lipinski definition) is 2. The van der Waals surface area contributed by atoms with E-state index in [-0.39, 0.29) is 0 Å². The average Bonchev–Trinajstić information content (AvgIpc) is 2.38. The summed E-state index contributed by atoms with van der Waals surface area (Å²) < 4.78 is 0. The number of nitrogens with one attached hydrogen (secondary N) is 1. The van der Waals surface area contributed by atoms with Crippen molar-refractivity contribution in [3.05, 3.63) is 29.8 Å². The summed E-state index contributed by atoms with van der Waals surface area (Å²) in [5, 5.41) is 3.53. The summed E-state index contributed by atoms with van der Waals surface area (Å²) in [5.74, 6) is 0.908. The van der Waals surface area contributed by atoms with Crippen molar-refractivity contribution in [1.29, 1.82) is 0 Å². The van der Waals surface area contributed by atoms with Gasteiger partial charge in [-0.15, -0.1) is 0 Å². The Morgan fingerprint density at radius 2 is 2.16 bits per heavy atom. The van der Waals surface area contributed by atoms with Crippen LogP contribution in [-0.2, 0) is 0 Å². The highest BCUT2D eigenvalue weighted by Gasteiger charge is 2.21. The summed E-state index contributed by atoms with van der Waals surface area (Å²) in [6.07, 6.45) is 5.58. The van der Waals surface area contributed by atoms with Crippen molar-refractivity contribution in [2.75, 3.05) is 25.5 Å². The smallest absolute Gasteiger partial charge is 0.0343 e. The fourth-order valence-corrected chi connectivity index (χ4v) is 3.12. The van der Waals surface area contributed by atoms with Gasteiger partial charge in [0.2, 0.25) is 0 Å². The number of likely N-dealkylation sites (N-methyl/N-ethyl adjacent to an activating group) is 1. The van der Waals surface area contributed by atoms with E-state index in [1.54, 1.807) is 0 Å². The third-order valence-electron chi connectivity index (χ3n) is 4.34. The van der Waals surface area contributed by atoms with Gasteiger partial charge in [-0.05, 0) is 50.4 Å². The Hall–Kier alpha value is -1.02. The molecule has 2 nitrogen and oxygen atoms in total. The van der Waals surface area contributed by atoms with Crippen LogP contribution in [0.3, 0.4) is 0 Å². The fraction of sp³-hybridized carbons (Fsp3) is 0.647. The molecule has 1 saturated carbocycles. The summed E-state index contributed by atoms with van der Waals surface area (Å²) in [6, 6.07) is 9.41. The number of nitrogens with zero attached hydrogens (tertiary/aromatic N) is 1. The van der Waals surface area contributed by atoms with Gasteiger partial charge in [-0.1, -0.05) is 31.9 Å². The first kappa shape index (κ1) is 14.4. The zero-order chi connectivity index (χ0) is 13.7. The van der Waals surface area contributed by atoms with Gasteiger partial charge in [0.25, 0.3) is 0 Å². The molecule has 0 saturated heterocycles. The van der Waals surface area contributed by atoms with Crippen LogP contribution in [0.5, 0.6) is 0 Å². The number of rotatable bonds is 5. The lowest BCUT2D eigenvalue weighted by Crippen LogP contribution is -2.38. The quantitative estimate of drug-likeness (QED) is 0.863. The topological polar surface area (TPSA) is 15.3 Å².